The molecule has 1 aliphatic rings. The lowest BCUT2D eigenvalue weighted by molar-refractivity contribution is 0.0939. The molecular formula is C24H25N3O3S. The average Bonchev–Trinajstić information content (AvgIpc) is 3.10. The number of carbonyl (C=O) groups is 1. The maximum Gasteiger partial charge on any atom is 0.264 e. The standard InChI is InChI=1S/C24H25N3O3S/c1-16-11-12-25-15-22(16)18(3)26-24(28)20-8-6-9-21(14-20)31(29,30)27-17(2)13-19-7-4-5-10-23(19)27/h4-12,14-15,17-18H,13H2,1-3H3,(H,26,28). The number of aryl methyl sites for hydroxylation is 1. The fraction of sp³-hybridized carbons (Fsp3) is 0.250. The molecule has 2 unspecified atom stereocenters. The molecular weight excluding hydrogens is 410 g/mol. The largest absolute Gasteiger partial charge is 0.345 e. The molecule has 0 fully saturated rings. The first-order valence-corrected chi connectivity index (χ1v) is 11.7. The molecule has 0 bridgehead atoms. The van der Waals surface area contributed by atoms with E-state index in [1.165, 1.54) is 16.4 Å². The van der Waals surface area contributed by atoms with Crippen LogP contribution in [0.5, 0.6) is 0 Å². The van der Waals surface area contributed by atoms with Crippen molar-refractivity contribution in [2.45, 2.75) is 44.2 Å². The molecule has 6 nitrogen and oxygen atoms in total. The Balaban J connectivity index is 1.61. The molecule has 2 atom stereocenters. The number of amides is 1. The topological polar surface area (TPSA) is 79.4 Å². The number of anilines is 1. The van der Waals surface area contributed by atoms with E-state index in [0.717, 1.165) is 16.7 Å². The first-order chi connectivity index (χ1) is 14.8. The molecule has 3 aromatic rings. The van der Waals surface area contributed by atoms with Crippen LogP contribution in [0.4, 0.5) is 5.69 Å². The zero-order valence-electron chi connectivity index (χ0n) is 17.7. The van der Waals surface area contributed by atoms with Crippen LogP contribution < -0.4 is 9.62 Å². The highest BCUT2D eigenvalue weighted by Crippen LogP contribution is 2.36. The van der Waals surface area contributed by atoms with Gasteiger partial charge in [-0.25, -0.2) is 8.42 Å². The van der Waals surface area contributed by atoms with Crippen molar-refractivity contribution < 1.29 is 13.2 Å². The summed E-state index contributed by atoms with van der Waals surface area (Å²) < 4.78 is 28.4. The highest BCUT2D eigenvalue weighted by atomic mass is 32.2. The van der Waals surface area contributed by atoms with Crippen molar-refractivity contribution in [1.29, 1.82) is 0 Å². The van der Waals surface area contributed by atoms with Crippen LogP contribution in [0.25, 0.3) is 0 Å². The number of nitrogens with zero attached hydrogens (tertiary/aromatic N) is 2. The maximum absolute atomic E-state index is 13.5. The Morgan fingerprint density at radius 2 is 1.94 bits per heavy atom. The average molecular weight is 436 g/mol. The summed E-state index contributed by atoms with van der Waals surface area (Å²) in [6, 6.07) is 15.2. The molecule has 0 spiro atoms. The zero-order valence-corrected chi connectivity index (χ0v) is 18.6. The minimum Gasteiger partial charge on any atom is -0.345 e. The third-order valence-corrected chi connectivity index (χ3v) is 7.62. The number of nitrogens with one attached hydrogen (secondary N) is 1. The van der Waals surface area contributed by atoms with Crippen molar-refractivity contribution >= 4 is 21.6 Å². The first-order valence-electron chi connectivity index (χ1n) is 10.2. The van der Waals surface area contributed by atoms with Gasteiger partial charge < -0.3 is 5.32 Å². The van der Waals surface area contributed by atoms with Gasteiger partial charge in [0.1, 0.15) is 0 Å². The molecule has 31 heavy (non-hydrogen) atoms. The lowest BCUT2D eigenvalue weighted by Crippen LogP contribution is -2.36. The van der Waals surface area contributed by atoms with Gasteiger partial charge in [-0.05, 0) is 74.2 Å². The summed E-state index contributed by atoms with van der Waals surface area (Å²) in [7, 11) is -3.80. The smallest absolute Gasteiger partial charge is 0.264 e. The summed E-state index contributed by atoms with van der Waals surface area (Å²) in [5, 5.41) is 2.94. The number of carbonyl (C=O) groups excluding carboxylic acids is 1. The number of hydrogen-bond acceptors (Lipinski definition) is 4. The number of hydrogen-bond donors (Lipinski definition) is 1. The van der Waals surface area contributed by atoms with Gasteiger partial charge in [0.2, 0.25) is 0 Å². The summed E-state index contributed by atoms with van der Waals surface area (Å²) in [4.78, 5) is 17.1. The minimum atomic E-state index is -3.80. The third kappa shape index (κ3) is 3.93. The molecule has 7 heteroatoms. The van der Waals surface area contributed by atoms with Crippen LogP contribution in [0.1, 0.15) is 46.9 Å². The second kappa shape index (κ2) is 8.15. The Kier molecular flexibility index (Phi) is 5.54. The van der Waals surface area contributed by atoms with E-state index in [9.17, 15) is 13.2 Å². The third-order valence-electron chi connectivity index (χ3n) is 5.69. The van der Waals surface area contributed by atoms with Gasteiger partial charge in [-0.3, -0.25) is 14.1 Å². The van der Waals surface area contributed by atoms with E-state index in [0.29, 0.717) is 17.7 Å². The van der Waals surface area contributed by atoms with E-state index in [4.69, 9.17) is 0 Å². The van der Waals surface area contributed by atoms with Gasteiger partial charge in [-0.15, -0.1) is 0 Å². The van der Waals surface area contributed by atoms with Crippen LogP contribution in [-0.4, -0.2) is 25.4 Å². The molecule has 2 aromatic carbocycles. The van der Waals surface area contributed by atoms with Crippen molar-refractivity contribution in [3.63, 3.8) is 0 Å². The molecule has 4 rings (SSSR count). The van der Waals surface area contributed by atoms with Gasteiger partial charge in [-0.2, -0.15) is 0 Å². The second-order valence-corrected chi connectivity index (χ2v) is 9.75. The normalized spacial score (nSPS) is 16.6. The van der Waals surface area contributed by atoms with Crippen LogP contribution in [0.15, 0.2) is 71.9 Å². The summed E-state index contributed by atoms with van der Waals surface area (Å²) >= 11 is 0. The summed E-state index contributed by atoms with van der Waals surface area (Å²) in [5.74, 6) is -0.331. The minimum absolute atomic E-state index is 0.105. The van der Waals surface area contributed by atoms with Gasteiger partial charge in [0.25, 0.3) is 15.9 Å². The van der Waals surface area contributed by atoms with Gasteiger partial charge in [-0.1, -0.05) is 24.3 Å². The van der Waals surface area contributed by atoms with Gasteiger partial charge in [0.05, 0.1) is 16.6 Å². The van der Waals surface area contributed by atoms with Gasteiger partial charge in [0.15, 0.2) is 0 Å². The maximum atomic E-state index is 13.5. The Morgan fingerprint density at radius 3 is 2.71 bits per heavy atom. The number of benzene rings is 2. The van der Waals surface area contributed by atoms with Crippen molar-refractivity contribution in [3.8, 4) is 0 Å². The van der Waals surface area contributed by atoms with Crippen molar-refractivity contribution in [2.75, 3.05) is 4.31 Å². The molecule has 1 amide bonds. The Bertz CT molecular complexity index is 1240. The Labute approximate surface area is 183 Å². The fourth-order valence-electron chi connectivity index (χ4n) is 4.10. The molecule has 0 radical (unpaired) electrons. The first kappa shape index (κ1) is 21.1. The van der Waals surface area contributed by atoms with Crippen molar-refractivity contribution in [2.24, 2.45) is 0 Å². The van der Waals surface area contributed by atoms with E-state index in [-0.39, 0.29) is 22.9 Å². The molecule has 0 saturated carbocycles. The number of sulfonamides is 1. The highest BCUT2D eigenvalue weighted by Gasteiger charge is 2.36. The second-order valence-electron chi connectivity index (χ2n) is 7.94. The van der Waals surface area contributed by atoms with E-state index in [2.05, 4.69) is 10.3 Å². The number of fused-ring (bicyclic) bond motifs is 1. The quantitative estimate of drug-likeness (QED) is 0.656. The molecule has 0 saturated heterocycles. The summed E-state index contributed by atoms with van der Waals surface area (Å²) in [5.41, 5.74) is 3.95. The van der Waals surface area contributed by atoms with Crippen molar-refractivity contribution in [3.05, 3.63) is 89.2 Å². The highest BCUT2D eigenvalue weighted by molar-refractivity contribution is 7.92. The SMILES string of the molecule is Cc1ccncc1C(C)NC(=O)c1cccc(S(=O)(=O)N2c3ccccc3CC2C)c1. The van der Waals surface area contributed by atoms with Crippen LogP contribution in [0.2, 0.25) is 0 Å². The molecule has 2 heterocycles. The molecule has 1 aromatic heterocycles. The number of rotatable bonds is 5. The Morgan fingerprint density at radius 1 is 1.16 bits per heavy atom. The van der Waals surface area contributed by atoms with Crippen LogP contribution >= 0.6 is 0 Å². The summed E-state index contributed by atoms with van der Waals surface area (Å²) in [6.45, 7) is 5.74. The molecule has 160 valence electrons. The molecule has 0 aliphatic carbocycles. The predicted octanol–water partition coefficient (Wildman–Crippen LogP) is 4.02. The molecule has 1 aliphatic heterocycles. The number of pyridine rings is 1. The monoisotopic (exact) mass is 435 g/mol. The van der Waals surface area contributed by atoms with Crippen LogP contribution in [-0.2, 0) is 16.4 Å². The number of para-hydroxylation sites is 1. The lowest BCUT2D eigenvalue weighted by atomic mass is 10.1. The molecule has 1 N–H and O–H groups in total. The fourth-order valence-corrected chi connectivity index (χ4v) is 5.84. The predicted molar refractivity (Wildman–Crippen MR) is 121 cm³/mol. The van der Waals surface area contributed by atoms with Gasteiger partial charge >= 0.3 is 0 Å². The number of aromatic nitrogens is 1. The van der Waals surface area contributed by atoms with Crippen LogP contribution in [0, 0.1) is 6.92 Å². The van der Waals surface area contributed by atoms with E-state index < -0.39 is 10.0 Å². The van der Waals surface area contributed by atoms with Crippen molar-refractivity contribution in [1.82, 2.24) is 10.3 Å². The van der Waals surface area contributed by atoms with Gasteiger partial charge in [0, 0.05) is 24.0 Å². The van der Waals surface area contributed by atoms with Crippen LogP contribution in [0.3, 0.4) is 0 Å². The summed E-state index contributed by atoms with van der Waals surface area (Å²) in [6.07, 6.45) is 4.10. The lowest BCUT2D eigenvalue weighted by Gasteiger charge is -2.24. The van der Waals surface area contributed by atoms with E-state index in [1.54, 1.807) is 24.5 Å². The Hall–Kier alpha value is -3.19. The van der Waals surface area contributed by atoms with E-state index >= 15 is 0 Å². The van der Waals surface area contributed by atoms with E-state index in [1.807, 2.05) is 51.1 Å². The zero-order chi connectivity index (χ0) is 22.2.